The second kappa shape index (κ2) is 20.3. The fourth-order valence-corrected chi connectivity index (χ4v) is 9.20. The molecule has 0 unspecified atom stereocenters. The van der Waals surface area contributed by atoms with Crippen LogP contribution in [0.15, 0.2) is 85.2 Å². The lowest BCUT2D eigenvalue weighted by molar-refractivity contribution is -0.164. The van der Waals surface area contributed by atoms with Crippen molar-refractivity contribution in [3.8, 4) is 23.3 Å². The van der Waals surface area contributed by atoms with Crippen LogP contribution >= 0.6 is 11.6 Å². The number of carbonyl (C=O) groups excluding carboxylic acids is 4. The fourth-order valence-electron chi connectivity index (χ4n) is 8.99. The molecule has 2 aliphatic rings. The van der Waals surface area contributed by atoms with Crippen LogP contribution < -0.4 is 25.4 Å². The predicted octanol–water partition coefficient (Wildman–Crippen LogP) is 7.02. The average molecular weight is 895 g/mol. The van der Waals surface area contributed by atoms with E-state index in [1.165, 1.54) is 0 Å². The molecule has 0 radical (unpaired) electrons. The Balaban J connectivity index is 0.883. The van der Waals surface area contributed by atoms with Crippen LogP contribution in [0.4, 0.5) is 0 Å². The number of aromatic nitrogens is 2. The number of carbonyl (C=O) groups is 4. The molecule has 6 rings (SSSR count). The third-order valence-electron chi connectivity index (χ3n) is 12.2. The van der Waals surface area contributed by atoms with Crippen LogP contribution in [-0.4, -0.2) is 88.9 Å². The van der Waals surface area contributed by atoms with Crippen LogP contribution in [0.1, 0.15) is 95.6 Å². The van der Waals surface area contributed by atoms with E-state index in [0.29, 0.717) is 79.6 Å². The van der Waals surface area contributed by atoms with Gasteiger partial charge in [0.25, 0.3) is 5.91 Å². The van der Waals surface area contributed by atoms with Crippen molar-refractivity contribution in [2.45, 2.75) is 105 Å². The molecule has 0 bridgehead atoms. The highest BCUT2D eigenvalue weighted by Crippen LogP contribution is 2.55. The summed E-state index contributed by atoms with van der Waals surface area (Å²) in [6.45, 7) is 15.2. The summed E-state index contributed by atoms with van der Waals surface area (Å²) in [7, 11) is 0. The van der Waals surface area contributed by atoms with Crippen molar-refractivity contribution in [2.75, 3.05) is 26.4 Å². The highest BCUT2D eigenvalue weighted by Gasteiger charge is 2.64. The molecule has 3 aromatic carbocycles. The standard InChI is InChI=1S/C49H60ClN7O7/c1-47(2,3)41(44(61)56-24-10-12-39(56)43(60)52-30-32-13-18-35(19-14-32)57-25-11-23-53-57)54-40(58)31-62-26-8-9-27-63-36-20-15-33(16-21-36)42(59)55-45-48(4,5)46(49(45,6)7)64-37-22-17-34(29-51)38(50)28-37/h11,13-23,25,28,39,41,45-46H,8-10,12,24,26-27,30-31H2,1-7H3,(H,52,60)(H,54,58)(H,55,59)/t39-,41+,45-,46-/m0/s1. The first kappa shape index (κ1) is 47.6. The van der Waals surface area contributed by atoms with Gasteiger partial charge in [0.05, 0.1) is 22.9 Å². The summed E-state index contributed by atoms with van der Waals surface area (Å²) in [6, 6.07) is 22.0. The Morgan fingerprint density at radius 2 is 1.64 bits per heavy atom. The van der Waals surface area contributed by atoms with Gasteiger partial charge in [-0.3, -0.25) is 19.2 Å². The number of nitrogens with zero attached hydrogens (tertiary/aromatic N) is 4. The molecule has 1 aromatic heterocycles. The van der Waals surface area contributed by atoms with Crippen LogP contribution in [0.5, 0.6) is 11.5 Å². The molecule has 1 aliphatic heterocycles. The highest BCUT2D eigenvalue weighted by molar-refractivity contribution is 6.31. The summed E-state index contributed by atoms with van der Waals surface area (Å²) in [6.07, 6.45) is 5.92. The van der Waals surface area contributed by atoms with Gasteiger partial charge in [0, 0.05) is 60.6 Å². The van der Waals surface area contributed by atoms with Gasteiger partial charge < -0.3 is 35.1 Å². The molecule has 2 atom stereocenters. The lowest BCUT2D eigenvalue weighted by Gasteiger charge is -2.63. The molecular formula is C49H60ClN7O7. The Kier molecular flexibility index (Phi) is 15.1. The second-order valence-electron chi connectivity index (χ2n) is 18.8. The van der Waals surface area contributed by atoms with Crippen LogP contribution in [0.3, 0.4) is 0 Å². The zero-order valence-corrected chi connectivity index (χ0v) is 38.5. The number of nitriles is 1. The smallest absolute Gasteiger partial charge is 0.251 e. The predicted molar refractivity (Wildman–Crippen MR) is 243 cm³/mol. The number of rotatable bonds is 18. The Morgan fingerprint density at radius 1 is 0.953 bits per heavy atom. The van der Waals surface area contributed by atoms with E-state index >= 15 is 0 Å². The molecule has 0 spiro atoms. The van der Waals surface area contributed by atoms with Crippen molar-refractivity contribution < 1.29 is 33.4 Å². The van der Waals surface area contributed by atoms with E-state index < -0.39 is 23.4 Å². The Morgan fingerprint density at radius 3 is 2.28 bits per heavy atom. The van der Waals surface area contributed by atoms with Gasteiger partial charge in [-0.15, -0.1) is 0 Å². The van der Waals surface area contributed by atoms with Gasteiger partial charge in [-0.2, -0.15) is 10.4 Å². The zero-order chi connectivity index (χ0) is 46.2. The maximum absolute atomic E-state index is 13.9. The van der Waals surface area contributed by atoms with Gasteiger partial charge in [-0.05, 0) is 91.3 Å². The first-order valence-corrected chi connectivity index (χ1v) is 22.2. The summed E-state index contributed by atoms with van der Waals surface area (Å²) in [5.41, 5.74) is 1.34. The number of hydrogen-bond donors (Lipinski definition) is 3. The molecule has 3 N–H and O–H groups in total. The fraction of sp³-hybridized carbons (Fsp3) is 0.469. The van der Waals surface area contributed by atoms with Crippen molar-refractivity contribution >= 4 is 35.2 Å². The second-order valence-corrected chi connectivity index (χ2v) is 19.2. The summed E-state index contributed by atoms with van der Waals surface area (Å²) in [4.78, 5) is 55.2. The van der Waals surface area contributed by atoms with E-state index in [0.717, 1.165) is 11.3 Å². The van der Waals surface area contributed by atoms with Crippen molar-refractivity contribution in [1.82, 2.24) is 30.6 Å². The monoisotopic (exact) mass is 893 g/mol. The number of hydrogen-bond acceptors (Lipinski definition) is 9. The lowest BCUT2D eigenvalue weighted by atomic mass is 9.49. The molecule has 1 saturated carbocycles. The third kappa shape index (κ3) is 11.2. The number of amides is 4. The molecule has 4 amide bonds. The van der Waals surface area contributed by atoms with Gasteiger partial charge >= 0.3 is 0 Å². The summed E-state index contributed by atoms with van der Waals surface area (Å²) in [5, 5.41) is 22.8. The summed E-state index contributed by atoms with van der Waals surface area (Å²) in [5.74, 6) is 0.0952. The minimum Gasteiger partial charge on any atom is -0.494 e. The SMILES string of the molecule is CC(C)(C)[C@H](NC(=O)COCCCCOc1ccc(C(=O)N[C@H]2C(C)(C)[C@H](Oc3ccc(C#N)c(Cl)c3)C2(C)C)cc1)C(=O)N1CCC[C@H]1C(=O)NCc1ccc(-n2cccn2)cc1. The average Bonchev–Trinajstić information content (AvgIpc) is 3.99. The molecule has 2 fully saturated rings. The van der Waals surface area contributed by atoms with Crippen molar-refractivity contribution in [3.05, 3.63) is 107 Å². The molecule has 340 valence electrons. The van der Waals surface area contributed by atoms with Crippen molar-refractivity contribution in [3.63, 3.8) is 0 Å². The van der Waals surface area contributed by atoms with Gasteiger partial charge in [-0.1, -0.05) is 72.2 Å². The Hall–Kier alpha value is -5.91. The zero-order valence-electron chi connectivity index (χ0n) is 37.8. The quantitative estimate of drug-likeness (QED) is 0.0886. The number of halogens is 1. The van der Waals surface area contributed by atoms with E-state index in [-0.39, 0.29) is 47.3 Å². The molecule has 1 saturated heterocycles. The lowest BCUT2D eigenvalue weighted by Crippen LogP contribution is -2.74. The Bertz CT molecular complexity index is 2280. The molecule has 1 aliphatic carbocycles. The minimum absolute atomic E-state index is 0.170. The van der Waals surface area contributed by atoms with Gasteiger partial charge in [0.15, 0.2) is 0 Å². The van der Waals surface area contributed by atoms with Crippen molar-refractivity contribution in [2.24, 2.45) is 16.2 Å². The van der Waals surface area contributed by atoms with E-state index in [9.17, 15) is 24.4 Å². The number of benzene rings is 3. The number of ether oxygens (including phenoxy) is 3. The highest BCUT2D eigenvalue weighted by atomic mass is 35.5. The van der Waals surface area contributed by atoms with E-state index in [1.807, 2.05) is 57.3 Å². The number of unbranched alkanes of at least 4 members (excludes halogenated alkanes) is 1. The Labute approximate surface area is 381 Å². The maximum Gasteiger partial charge on any atom is 0.251 e. The van der Waals surface area contributed by atoms with Gasteiger partial charge in [-0.25, -0.2) is 4.68 Å². The molecule has 2 heterocycles. The third-order valence-corrected chi connectivity index (χ3v) is 12.5. The molecule has 4 aromatic rings. The topological polar surface area (TPSA) is 177 Å². The van der Waals surface area contributed by atoms with E-state index in [2.05, 4.69) is 54.8 Å². The first-order chi connectivity index (χ1) is 30.4. The number of likely N-dealkylation sites (tertiary alicyclic amines) is 1. The molecule has 64 heavy (non-hydrogen) atoms. The number of nitrogens with one attached hydrogen (secondary N) is 3. The normalized spacial score (nSPS) is 19.1. The van der Waals surface area contributed by atoms with E-state index in [4.69, 9.17) is 25.8 Å². The summed E-state index contributed by atoms with van der Waals surface area (Å²) >= 11 is 6.23. The first-order valence-electron chi connectivity index (χ1n) is 21.8. The maximum atomic E-state index is 13.9. The van der Waals surface area contributed by atoms with E-state index in [1.54, 1.807) is 58.2 Å². The largest absolute Gasteiger partial charge is 0.494 e. The summed E-state index contributed by atoms with van der Waals surface area (Å²) < 4.78 is 19.7. The van der Waals surface area contributed by atoms with Crippen LogP contribution in [0.2, 0.25) is 5.02 Å². The van der Waals surface area contributed by atoms with Gasteiger partial charge in [0.1, 0.15) is 42.4 Å². The van der Waals surface area contributed by atoms with Crippen LogP contribution in [-0.2, 0) is 25.7 Å². The van der Waals surface area contributed by atoms with Gasteiger partial charge in [0.2, 0.25) is 17.7 Å². The van der Waals surface area contributed by atoms with Crippen molar-refractivity contribution in [1.29, 1.82) is 5.26 Å². The molecule has 15 heteroatoms. The van der Waals surface area contributed by atoms with Crippen LogP contribution in [0.25, 0.3) is 5.69 Å². The molecular weight excluding hydrogens is 834 g/mol. The minimum atomic E-state index is -0.844. The molecule has 14 nitrogen and oxygen atoms in total. The van der Waals surface area contributed by atoms with Crippen LogP contribution in [0, 0.1) is 27.6 Å².